The predicted molar refractivity (Wildman–Crippen MR) is 156 cm³/mol. The van der Waals surface area contributed by atoms with Crippen LogP contribution in [0.1, 0.15) is 91.9 Å². The van der Waals surface area contributed by atoms with Gasteiger partial charge in [-0.25, -0.2) is 9.59 Å². The van der Waals surface area contributed by atoms with Crippen LogP contribution in [0.25, 0.3) is 0 Å². The standard InChI is InChI=1S/C30H44N2O13/c1-29(2,17-19-41-25(37)9-5-7-11-27(39)44-31-21(33)13-14-22(31)34)42-20-18-30(3,4)43-26(38)10-6-8-12-28(40)45-32-23(35)15-16-24(32)36/h13-16,33-36H,5-12,17-20H2,1-4H3. The summed E-state index contributed by atoms with van der Waals surface area (Å²) in [5, 5.41) is 38.0. The van der Waals surface area contributed by atoms with E-state index in [2.05, 4.69) is 0 Å². The molecule has 4 N–H and O–H groups in total. The van der Waals surface area contributed by atoms with E-state index in [4.69, 9.17) is 23.9 Å². The van der Waals surface area contributed by atoms with E-state index in [9.17, 15) is 39.6 Å². The molecule has 0 aliphatic carbocycles. The van der Waals surface area contributed by atoms with Crippen LogP contribution in [0, 0.1) is 0 Å². The Bertz CT molecular complexity index is 1240. The second-order valence-corrected chi connectivity index (χ2v) is 11.6. The highest BCUT2D eigenvalue weighted by molar-refractivity contribution is 5.71. The summed E-state index contributed by atoms with van der Waals surface area (Å²) in [6, 6.07) is 4.70. The van der Waals surface area contributed by atoms with Gasteiger partial charge in [-0.1, -0.05) is 0 Å². The Morgan fingerprint density at radius 3 is 1.40 bits per heavy atom. The van der Waals surface area contributed by atoms with Gasteiger partial charge in [0.15, 0.2) is 0 Å². The highest BCUT2D eigenvalue weighted by atomic mass is 16.7. The van der Waals surface area contributed by atoms with E-state index in [0.29, 0.717) is 54.6 Å². The lowest BCUT2D eigenvalue weighted by Crippen LogP contribution is -2.33. The summed E-state index contributed by atoms with van der Waals surface area (Å²) < 4.78 is 18.0. The average molecular weight is 641 g/mol. The smallest absolute Gasteiger partial charge is 0.333 e. The second kappa shape index (κ2) is 17.2. The lowest BCUT2D eigenvalue weighted by Gasteiger charge is -2.29. The third-order valence-corrected chi connectivity index (χ3v) is 6.56. The molecule has 15 nitrogen and oxygen atoms in total. The number of aromatic hydroxyl groups is 4. The van der Waals surface area contributed by atoms with Crippen molar-refractivity contribution < 1.29 is 63.5 Å². The second-order valence-electron chi connectivity index (χ2n) is 11.6. The van der Waals surface area contributed by atoms with Crippen molar-refractivity contribution in [1.29, 1.82) is 0 Å². The molecule has 2 rings (SSSR count). The quantitative estimate of drug-likeness (QED) is 0.121. The molecule has 252 valence electrons. The van der Waals surface area contributed by atoms with Crippen LogP contribution < -0.4 is 9.68 Å². The number of carbonyl (C=O) groups excluding carboxylic acids is 4. The van der Waals surface area contributed by atoms with Crippen molar-refractivity contribution >= 4 is 23.9 Å². The number of carbonyl (C=O) groups is 4. The van der Waals surface area contributed by atoms with Crippen LogP contribution in [0.4, 0.5) is 0 Å². The molecule has 0 spiro atoms. The van der Waals surface area contributed by atoms with Crippen molar-refractivity contribution in [3.05, 3.63) is 24.3 Å². The topological polar surface area (TPSA) is 205 Å². The first-order valence-electron chi connectivity index (χ1n) is 14.7. The Hall–Kier alpha value is -4.40. The molecule has 0 aliphatic rings. The maximum Gasteiger partial charge on any atom is 0.333 e. The van der Waals surface area contributed by atoms with Crippen molar-refractivity contribution in [3.63, 3.8) is 0 Å². The summed E-state index contributed by atoms with van der Waals surface area (Å²) >= 11 is 0. The summed E-state index contributed by atoms with van der Waals surface area (Å²) in [6.07, 6.45) is 2.51. The van der Waals surface area contributed by atoms with Crippen LogP contribution in [-0.4, -0.2) is 78.2 Å². The predicted octanol–water partition coefficient (Wildman–Crippen LogP) is 3.28. The van der Waals surface area contributed by atoms with Gasteiger partial charge in [0.25, 0.3) is 0 Å². The zero-order chi connectivity index (χ0) is 33.6. The van der Waals surface area contributed by atoms with Crippen molar-refractivity contribution in [2.45, 2.75) is 103 Å². The number of rotatable bonds is 20. The molecule has 0 aliphatic heterocycles. The molecular formula is C30H44N2O13. The fourth-order valence-corrected chi connectivity index (χ4v) is 3.90. The molecule has 0 bridgehead atoms. The maximum absolute atomic E-state index is 12.3. The third kappa shape index (κ3) is 13.8. The zero-order valence-electron chi connectivity index (χ0n) is 26.2. The SMILES string of the molecule is CC(C)(CCOC(=O)CCCCC(=O)On1c(O)ccc1O)OCCC(C)(C)OC(=O)CCCCC(=O)On1c(O)ccc1O. The van der Waals surface area contributed by atoms with E-state index in [1.54, 1.807) is 13.8 Å². The molecule has 45 heavy (non-hydrogen) atoms. The van der Waals surface area contributed by atoms with Crippen LogP contribution in [-0.2, 0) is 33.4 Å². The number of ether oxygens (including phenoxy) is 3. The largest absolute Gasteiger partial charge is 0.492 e. The van der Waals surface area contributed by atoms with Gasteiger partial charge >= 0.3 is 23.9 Å². The summed E-state index contributed by atoms with van der Waals surface area (Å²) in [5.41, 5.74) is -1.40. The fraction of sp³-hybridized carbons (Fsp3) is 0.600. The molecule has 0 fully saturated rings. The van der Waals surface area contributed by atoms with Gasteiger partial charge in [0.2, 0.25) is 23.5 Å². The molecule has 0 amide bonds. The number of nitrogens with zero attached hydrogens (tertiary/aromatic N) is 2. The Kier molecular flexibility index (Phi) is 14.0. The van der Waals surface area contributed by atoms with E-state index in [1.165, 1.54) is 24.3 Å². The van der Waals surface area contributed by atoms with Crippen molar-refractivity contribution in [2.24, 2.45) is 0 Å². The molecule has 0 aromatic carbocycles. The lowest BCUT2D eigenvalue weighted by atomic mass is 10.0. The molecule has 0 atom stereocenters. The monoisotopic (exact) mass is 640 g/mol. The number of aromatic nitrogens is 2. The molecule has 2 heterocycles. The molecular weight excluding hydrogens is 596 g/mol. The highest BCUT2D eigenvalue weighted by Crippen LogP contribution is 2.22. The number of esters is 2. The third-order valence-electron chi connectivity index (χ3n) is 6.56. The van der Waals surface area contributed by atoms with E-state index in [1.807, 2.05) is 13.8 Å². The average Bonchev–Trinajstić information content (AvgIpc) is 3.43. The fourth-order valence-electron chi connectivity index (χ4n) is 3.90. The molecule has 0 radical (unpaired) electrons. The molecule has 0 saturated carbocycles. The van der Waals surface area contributed by atoms with Gasteiger partial charge in [-0.2, -0.15) is 0 Å². The summed E-state index contributed by atoms with van der Waals surface area (Å²) in [5.74, 6) is -3.82. The van der Waals surface area contributed by atoms with Crippen LogP contribution in [0.5, 0.6) is 23.5 Å². The Morgan fingerprint density at radius 2 is 0.956 bits per heavy atom. The summed E-state index contributed by atoms with van der Waals surface area (Å²) in [7, 11) is 0. The normalized spacial score (nSPS) is 11.6. The van der Waals surface area contributed by atoms with Crippen LogP contribution in [0.15, 0.2) is 24.3 Å². The first kappa shape index (κ1) is 36.8. The van der Waals surface area contributed by atoms with Crippen LogP contribution >= 0.6 is 0 Å². The Labute approximate surface area is 261 Å². The molecule has 2 aromatic heterocycles. The van der Waals surface area contributed by atoms with Crippen LogP contribution in [0.2, 0.25) is 0 Å². The number of unbranched alkanes of at least 4 members (excludes halogenated alkanes) is 2. The van der Waals surface area contributed by atoms with Crippen LogP contribution in [0.3, 0.4) is 0 Å². The Balaban J connectivity index is 1.53. The van der Waals surface area contributed by atoms with E-state index < -0.39 is 58.6 Å². The van der Waals surface area contributed by atoms with Crippen molar-refractivity contribution in [1.82, 2.24) is 9.46 Å². The minimum Gasteiger partial charge on any atom is -0.492 e. The van der Waals surface area contributed by atoms with Crippen molar-refractivity contribution in [2.75, 3.05) is 13.2 Å². The zero-order valence-corrected chi connectivity index (χ0v) is 26.2. The van der Waals surface area contributed by atoms with Gasteiger partial charge in [0.1, 0.15) is 5.60 Å². The maximum atomic E-state index is 12.3. The lowest BCUT2D eigenvalue weighted by molar-refractivity contribution is -0.159. The molecule has 0 saturated heterocycles. The minimum atomic E-state index is -0.795. The van der Waals surface area contributed by atoms with Gasteiger partial charge in [-0.3, -0.25) is 9.59 Å². The van der Waals surface area contributed by atoms with E-state index in [0.717, 1.165) is 0 Å². The van der Waals surface area contributed by atoms with Gasteiger partial charge in [-0.15, -0.1) is 9.46 Å². The van der Waals surface area contributed by atoms with E-state index in [-0.39, 0.29) is 32.3 Å². The molecule has 2 aromatic rings. The molecule has 15 heteroatoms. The molecule has 0 unspecified atom stereocenters. The number of hydrogen-bond acceptors (Lipinski definition) is 13. The first-order chi connectivity index (χ1) is 21.1. The first-order valence-corrected chi connectivity index (χ1v) is 14.7. The van der Waals surface area contributed by atoms with Gasteiger partial charge in [0, 0.05) is 62.8 Å². The summed E-state index contributed by atoms with van der Waals surface area (Å²) in [6.45, 7) is 7.68. The number of hydrogen-bond donors (Lipinski definition) is 4. The van der Waals surface area contributed by atoms with Gasteiger partial charge in [0.05, 0.1) is 18.8 Å². The summed E-state index contributed by atoms with van der Waals surface area (Å²) in [4.78, 5) is 57.7. The van der Waals surface area contributed by atoms with E-state index >= 15 is 0 Å². The Morgan fingerprint density at radius 1 is 0.578 bits per heavy atom. The van der Waals surface area contributed by atoms with Gasteiger partial charge < -0.3 is 44.3 Å². The van der Waals surface area contributed by atoms with Gasteiger partial charge in [-0.05, 0) is 53.4 Å². The highest BCUT2D eigenvalue weighted by Gasteiger charge is 2.26. The minimum absolute atomic E-state index is 0.0118. The van der Waals surface area contributed by atoms with Crippen molar-refractivity contribution in [3.8, 4) is 23.5 Å².